The van der Waals surface area contributed by atoms with E-state index in [1.165, 1.54) is 6.07 Å². The highest BCUT2D eigenvalue weighted by molar-refractivity contribution is 6.08. The van der Waals surface area contributed by atoms with E-state index in [-0.39, 0.29) is 12.2 Å². The third-order valence-corrected chi connectivity index (χ3v) is 6.20. The second-order valence-electron chi connectivity index (χ2n) is 8.72. The summed E-state index contributed by atoms with van der Waals surface area (Å²) in [4.78, 5) is 50.1. The van der Waals surface area contributed by atoms with Crippen LogP contribution in [0.2, 0.25) is 0 Å². The monoisotopic (exact) mass is 465 g/mol. The molecule has 0 radical (unpaired) electrons. The number of nitrogens with zero attached hydrogens (tertiary/aromatic N) is 1. The smallest absolute Gasteiger partial charge is 0.344 e. The Hall–Kier alpha value is -3.88. The Bertz CT molecular complexity index is 1080. The molecule has 2 fully saturated rings. The quantitative estimate of drug-likeness (QED) is 0.480. The first-order valence-corrected chi connectivity index (χ1v) is 11.3. The highest BCUT2D eigenvalue weighted by atomic mass is 16.5. The standard InChI is InChI=1S/C25H27N3O6/c1-17-11-13-25(14-12-17)23(31)28(24(32)26-25)27-21(29)16-34-22(30)19-9-5-6-10-20(19)33-15-18-7-3-2-4-8-18/h2-10,17H,11-16H2,1H3,(H,26,32)(H,27,29). The molecule has 1 aliphatic heterocycles. The van der Waals surface area contributed by atoms with Crippen LogP contribution in [0, 0.1) is 5.92 Å². The Morgan fingerprint density at radius 3 is 2.47 bits per heavy atom. The fraction of sp³-hybridized carbons (Fsp3) is 0.360. The maximum Gasteiger partial charge on any atom is 0.344 e. The van der Waals surface area contributed by atoms with Gasteiger partial charge in [-0.25, -0.2) is 9.59 Å². The van der Waals surface area contributed by atoms with Gasteiger partial charge >= 0.3 is 12.0 Å². The van der Waals surface area contributed by atoms with Gasteiger partial charge in [-0.1, -0.05) is 49.4 Å². The first-order valence-electron chi connectivity index (χ1n) is 11.3. The highest BCUT2D eigenvalue weighted by Crippen LogP contribution is 2.35. The van der Waals surface area contributed by atoms with E-state index in [2.05, 4.69) is 17.7 Å². The maximum atomic E-state index is 12.8. The van der Waals surface area contributed by atoms with Crippen LogP contribution < -0.4 is 15.5 Å². The zero-order valence-electron chi connectivity index (χ0n) is 18.9. The number of ether oxygens (including phenoxy) is 2. The van der Waals surface area contributed by atoms with Crippen molar-refractivity contribution in [1.82, 2.24) is 15.8 Å². The molecule has 4 amide bonds. The normalized spacial score (nSPS) is 21.8. The van der Waals surface area contributed by atoms with Crippen molar-refractivity contribution in [3.05, 3.63) is 65.7 Å². The third kappa shape index (κ3) is 5.03. The van der Waals surface area contributed by atoms with Crippen LogP contribution in [0.1, 0.15) is 48.5 Å². The van der Waals surface area contributed by atoms with Gasteiger partial charge in [-0.2, -0.15) is 5.01 Å². The number of hydrazine groups is 1. The Morgan fingerprint density at radius 2 is 1.74 bits per heavy atom. The Labute approximate surface area is 197 Å². The maximum absolute atomic E-state index is 12.8. The van der Waals surface area contributed by atoms with Crippen molar-refractivity contribution in [2.75, 3.05) is 6.61 Å². The average molecular weight is 466 g/mol. The Balaban J connectivity index is 1.32. The van der Waals surface area contributed by atoms with Crippen LogP contribution in [0.5, 0.6) is 5.75 Å². The van der Waals surface area contributed by atoms with Crippen LogP contribution in [0.4, 0.5) is 4.79 Å². The summed E-state index contributed by atoms with van der Waals surface area (Å²) in [5.41, 5.74) is 2.38. The zero-order valence-corrected chi connectivity index (χ0v) is 18.9. The average Bonchev–Trinajstić information content (AvgIpc) is 3.08. The van der Waals surface area contributed by atoms with Gasteiger partial charge in [0.15, 0.2) is 6.61 Å². The van der Waals surface area contributed by atoms with Gasteiger partial charge in [0.1, 0.15) is 23.5 Å². The molecule has 1 heterocycles. The number of hydrogen-bond donors (Lipinski definition) is 2. The predicted octanol–water partition coefficient (Wildman–Crippen LogP) is 2.95. The van der Waals surface area contributed by atoms with Crippen molar-refractivity contribution in [3.8, 4) is 5.75 Å². The third-order valence-electron chi connectivity index (χ3n) is 6.20. The molecule has 9 heteroatoms. The molecule has 2 aromatic rings. The van der Waals surface area contributed by atoms with Crippen LogP contribution in [0.3, 0.4) is 0 Å². The van der Waals surface area contributed by atoms with Gasteiger partial charge in [0.05, 0.1) is 0 Å². The Kier molecular flexibility index (Phi) is 6.81. The van der Waals surface area contributed by atoms with Crippen LogP contribution in [0.15, 0.2) is 54.6 Å². The van der Waals surface area contributed by atoms with Gasteiger partial charge in [0, 0.05) is 0 Å². The van der Waals surface area contributed by atoms with Crippen molar-refractivity contribution in [1.29, 1.82) is 0 Å². The van der Waals surface area contributed by atoms with Crippen molar-refractivity contribution in [2.24, 2.45) is 5.92 Å². The predicted molar refractivity (Wildman–Crippen MR) is 121 cm³/mol. The van der Waals surface area contributed by atoms with Gasteiger partial charge in [0.2, 0.25) is 0 Å². The second kappa shape index (κ2) is 9.94. The fourth-order valence-electron chi connectivity index (χ4n) is 4.18. The van der Waals surface area contributed by atoms with Crippen LogP contribution in [-0.4, -0.2) is 41.0 Å². The van der Waals surface area contributed by atoms with Crippen molar-refractivity contribution < 1.29 is 28.7 Å². The molecule has 178 valence electrons. The van der Waals surface area contributed by atoms with Gasteiger partial charge in [0.25, 0.3) is 11.8 Å². The lowest BCUT2D eigenvalue weighted by Crippen LogP contribution is -2.52. The first kappa shape index (κ1) is 23.3. The van der Waals surface area contributed by atoms with Gasteiger partial charge in [-0.3, -0.25) is 15.0 Å². The molecule has 4 rings (SSSR count). The summed E-state index contributed by atoms with van der Waals surface area (Å²) >= 11 is 0. The van der Waals surface area contributed by atoms with E-state index in [1.807, 2.05) is 30.3 Å². The molecular weight excluding hydrogens is 438 g/mol. The molecule has 0 aromatic heterocycles. The molecule has 1 aliphatic carbocycles. The van der Waals surface area contributed by atoms with Gasteiger partial charge in [-0.05, 0) is 49.3 Å². The van der Waals surface area contributed by atoms with Crippen molar-refractivity contribution >= 4 is 23.8 Å². The number of amides is 4. The number of imide groups is 1. The van der Waals surface area contributed by atoms with E-state index in [0.717, 1.165) is 18.4 Å². The molecule has 9 nitrogen and oxygen atoms in total. The van der Waals surface area contributed by atoms with E-state index in [0.29, 0.717) is 29.5 Å². The number of benzene rings is 2. The molecule has 1 spiro atoms. The number of urea groups is 1. The number of nitrogens with one attached hydrogen (secondary N) is 2. The zero-order chi connectivity index (χ0) is 24.1. The molecule has 2 N–H and O–H groups in total. The SMILES string of the molecule is CC1CCC2(CC1)NC(=O)N(NC(=O)COC(=O)c1ccccc1OCc1ccccc1)C2=O. The van der Waals surface area contributed by atoms with E-state index in [9.17, 15) is 19.2 Å². The summed E-state index contributed by atoms with van der Waals surface area (Å²) in [5, 5.41) is 3.40. The fourth-order valence-corrected chi connectivity index (χ4v) is 4.18. The van der Waals surface area contributed by atoms with E-state index in [1.54, 1.807) is 18.2 Å². The molecule has 1 saturated heterocycles. The number of esters is 1. The summed E-state index contributed by atoms with van der Waals surface area (Å²) < 4.78 is 10.9. The van der Waals surface area contributed by atoms with Crippen LogP contribution >= 0.6 is 0 Å². The van der Waals surface area contributed by atoms with Gasteiger partial charge < -0.3 is 14.8 Å². The highest BCUT2D eigenvalue weighted by Gasteiger charge is 2.52. The summed E-state index contributed by atoms with van der Waals surface area (Å²) in [7, 11) is 0. The lowest BCUT2D eigenvalue weighted by atomic mass is 9.77. The molecule has 0 unspecified atom stereocenters. The Morgan fingerprint density at radius 1 is 1.06 bits per heavy atom. The lowest BCUT2D eigenvalue weighted by molar-refractivity contribution is -0.141. The summed E-state index contributed by atoms with van der Waals surface area (Å²) in [5.74, 6) is -1.23. The topological polar surface area (TPSA) is 114 Å². The van der Waals surface area contributed by atoms with Crippen LogP contribution in [-0.2, 0) is 20.9 Å². The molecule has 2 aromatic carbocycles. The molecule has 1 saturated carbocycles. The van der Waals surface area contributed by atoms with Gasteiger partial charge in [-0.15, -0.1) is 0 Å². The lowest BCUT2D eigenvalue weighted by Gasteiger charge is -2.33. The minimum atomic E-state index is -0.970. The summed E-state index contributed by atoms with van der Waals surface area (Å²) in [6.07, 6.45) is 2.69. The van der Waals surface area contributed by atoms with E-state index in [4.69, 9.17) is 9.47 Å². The number of para-hydroxylation sites is 1. The molecule has 34 heavy (non-hydrogen) atoms. The number of carbonyl (C=O) groups is 4. The van der Waals surface area contributed by atoms with Crippen molar-refractivity contribution in [3.63, 3.8) is 0 Å². The minimum Gasteiger partial charge on any atom is -0.488 e. The van der Waals surface area contributed by atoms with E-state index < -0.39 is 36.0 Å². The van der Waals surface area contributed by atoms with Crippen LogP contribution in [0.25, 0.3) is 0 Å². The molecule has 0 bridgehead atoms. The summed E-state index contributed by atoms with van der Waals surface area (Å²) in [6.45, 7) is 1.71. The van der Waals surface area contributed by atoms with Crippen molar-refractivity contribution in [2.45, 2.75) is 44.8 Å². The molecular formula is C25H27N3O6. The number of hydrogen-bond acceptors (Lipinski definition) is 6. The molecule has 2 aliphatic rings. The first-order chi connectivity index (χ1) is 16.4. The second-order valence-corrected chi connectivity index (χ2v) is 8.72. The number of rotatable bonds is 7. The minimum absolute atomic E-state index is 0.163. The largest absolute Gasteiger partial charge is 0.488 e. The summed E-state index contributed by atoms with van der Waals surface area (Å²) in [6, 6.07) is 15.3. The van der Waals surface area contributed by atoms with E-state index >= 15 is 0 Å². The molecule has 0 atom stereocenters. The number of carbonyl (C=O) groups excluding carboxylic acids is 4.